The van der Waals surface area contributed by atoms with Gasteiger partial charge >= 0.3 is 0 Å². The van der Waals surface area contributed by atoms with E-state index in [1.54, 1.807) is 6.07 Å². The highest BCUT2D eigenvalue weighted by atomic mass is 16.5. The van der Waals surface area contributed by atoms with Crippen LogP contribution in [0.15, 0.2) is 35.1 Å². The number of benzene rings is 1. The number of rotatable bonds is 8. The molecule has 146 valence electrons. The van der Waals surface area contributed by atoms with Crippen LogP contribution in [-0.2, 0) is 24.0 Å². The van der Waals surface area contributed by atoms with E-state index in [-0.39, 0.29) is 11.5 Å². The Kier molecular flexibility index (Phi) is 7.11. The number of hydrogen-bond acceptors (Lipinski definition) is 3. The van der Waals surface area contributed by atoms with Crippen molar-refractivity contribution in [2.45, 2.75) is 64.9 Å². The lowest BCUT2D eigenvalue weighted by atomic mass is 10.0. The van der Waals surface area contributed by atoms with Crippen LogP contribution in [0, 0.1) is 6.92 Å². The zero-order valence-electron chi connectivity index (χ0n) is 16.6. The Balaban J connectivity index is 1.61. The molecule has 0 spiro atoms. The number of pyridine rings is 1. The van der Waals surface area contributed by atoms with Crippen molar-refractivity contribution in [2.75, 3.05) is 13.2 Å². The van der Waals surface area contributed by atoms with E-state index in [1.807, 2.05) is 6.92 Å². The van der Waals surface area contributed by atoms with Crippen molar-refractivity contribution in [3.63, 3.8) is 0 Å². The van der Waals surface area contributed by atoms with E-state index < -0.39 is 0 Å². The summed E-state index contributed by atoms with van der Waals surface area (Å²) in [5.74, 6) is 0.549. The van der Waals surface area contributed by atoms with Crippen molar-refractivity contribution in [1.29, 1.82) is 0 Å². The van der Waals surface area contributed by atoms with E-state index in [1.165, 1.54) is 24.0 Å². The predicted octanol–water partition coefficient (Wildman–Crippen LogP) is 4.37. The summed E-state index contributed by atoms with van der Waals surface area (Å²) in [6, 6.07) is 10.4. The second-order valence-corrected chi connectivity index (χ2v) is 7.47. The molecule has 1 N–H and O–H groups in total. The van der Waals surface area contributed by atoms with Crippen LogP contribution in [0.3, 0.4) is 0 Å². The van der Waals surface area contributed by atoms with Crippen molar-refractivity contribution in [2.24, 2.45) is 0 Å². The Morgan fingerprint density at radius 3 is 2.52 bits per heavy atom. The van der Waals surface area contributed by atoms with Crippen molar-refractivity contribution >= 4 is 0 Å². The van der Waals surface area contributed by atoms with Gasteiger partial charge in [-0.3, -0.25) is 4.79 Å². The van der Waals surface area contributed by atoms with E-state index in [0.717, 1.165) is 50.0 Å². The molecule has 4 nitrogen and oxygen atoms in total. The number of hydrogen-bond donors (Lipinski definition) is 1. The van der Waals surface area contributed by atoms with Crippen molar-refractivity contribution in [3.05, 3.63) is 62.9 Å². The summed E-state index contributed by atoms with van der Waals surface area (Å²) in [6.07, 6.45) is 7.45. The third kappa shape index (κ3) is 5.70. The van der Waals surface area contributed by atoms with Crippen molar-refractivity contribution < 1.29 is 9.47 Å². The van der Waals surface area contributed by atoms with Gasteiger partial charge in [-0.25, -0.2) is 0 Å². The average molecular weight is 370 g/mol. The fourth-order valence-corrected chi connectivity index (χ4v) is 3.53. The van der Waals surface area contributed by atoms with Gasteiger partial charge in [0.25, 0.3) is 0 Å². The number of aromatic amines is 1. The molecule has 1 aliphatic heterocycles. The molecule has 0 saturated carbocycles. The minimum absolute atomic E-state index is 0.0293. The molecule has 1 aromatic heterocycles. The molecule has 0 amide bonds. The number of aryl methyl sites for hydroxylation is 3. The van der Waals surface area contributed by atoms with Crippen LogP contribution in [0.2, 0.25) is 0 Å². The van der Waals surface area contributed by atoms with Gasteiger partial charge < -0.3 is 14.5 Å². The second-order valence-electron chi connectivity index (χ2n) is 7.47. The second kappa shape index (κ2) is 9.75. The Hall–Kier alpha value is -2.07. The first kappa shape index (κ1) is 19.7. The van der Waals surface area contributed by atoms with Gasteiger partial charge in [-0.1, -0.05) is 37.6 Å². The maximum atomic E-state index is 12.3. The normalized spacial score (nSPS) is 17.0. The van der Waals surface area contributed by atoms with E-state index >= 15 is 0 Å². The van der Waals surface area contributed by atoms with E-state index in [2.05, 4.69) is 36.2 Å². The van der Waals surface area contributed by atoms with Gasteiger partial charge in [-0.15, -0.1) is 0 Å². The van der Waals surface area contributed by atoms with Crippen LogP contribution in [0.25, 0.3) is 0 Å². The molecule has 0 radical (unpaired) electrons. The maximum Gasteiger partial charge on any atom is 0.194 e. The molecule has 1 aromatic carbocycles. The largest absolute Gasteiger partial charge is 0.476 e. The first-order valence-electron chi connectivity index (χ1n) is 10.2. The molecular weight excluding hydrogens is 338 g/mol. The van der Waals surface area contributed by atoms with Crippen LogP contribution in [0.5, 0.6) is 5.88 Å². The number of ether oxygens (including phenoxy) is 2. The van der Waals surface area contributed by atoms with Gasteiger partial charge in [0.2, 0.25) is 0 Å². The highest BCUT2D eigenvalue weighted by molar-refractivity contribution is 5.27. The standard InChI is InChI=1S/C23H31NO3/c1-3-6-18-8-10-19(11-9-18)12-13-21-17(2)22(25)15-23(24-21)27-16-20-7-4-5-14-26-20/h8-11,15,20H,3-7,12-14,16H2,1-2H3,(H,24,25). The molecule has 0 aliphatic carbocycles. The number of nitrogens with one attached hydrogen (secondary N) is 1. The molecule has 3 rings (SSSR count). The lowest BCUT2D eigenvalue weighted by Crippen LogP contribution is -2.26. The van der Waals surface area contributed by atoms with Crippen LogP contribution in [0.4, 0.5) is 0 Å². The molecule has 2 heterocycles. The summed E-state index contributed by atoms with van der Waals surface area (Å²) >= 11 is 0. The lowest BCUT2D eigenvalue weighted by molar-refractivity contribution is -0.0120. The van der Waals surface area contributed by atoms with Crippen LogP contribution in [-0.4, -0.2) is 24.3 Å². The van der Waals surface area contributed by atoms with Gasteiger partial charge in [0, 0.05) is 23.9 Å². The fourth-order valence-electron chi connectivity index (χ4n) is 3.53. The van der Waals surface area contributed by atoms with Crippen LogP contribution < -0.4 is 10.2 Å². The van der Waals surface area contributed by atoms with Gasteiger partial charge in [-0.2, -0.15) is 0 Å². The van der Waals surface area contributed by atoms with Crippen LogP contribution >= 0.6 is 0 Å². The average Bonchev–Trinajstić information content (AvgIpc) is 2.70. The van der Waals surface area contributed by atoms with Crippen LogP contribution in [0.1, 0.15) is 55.0 Å². The number of aromatic nitrogens is 1. The highest BCUT2D eigenvalue weighted by Gasteiger charge is 2.15. The summed E-state index contributed by atoms with van der Waals surface area (Å²) < 4.78 is 11.5. The molecule has 1 atom stereocenters. The smallest absolute Gasteiger partial charge is 0.194 e. The monoisotopic (exact) mass is 369 g/mol. The molecule has 27 heavy (non-hydrogen) atoms. The van der Waals surface area contributed by atoms with E-state index in [0.29, 0.717) is 12.5 Å². The highest BCUT2D eigenvalue weighted by Crippen LogP contribution is 2.16. The first-order chi connectivity index (χ1) is 13.2. The molecule has 0 bridgehead atoms. The molecule has 2 aromatic rings. The Morgan fingerprint density at radius 2 is 1.85 bits per heavy atom. The SMILES string of the molecule is CCCc1ccc(CCc2[nH]c(OCC3CCCCO3)cc(=O)c2C)cc1. The lowest BCUT2D eigenvalue weighted by Gasteiger charge is -2.22. The Bertz CT molecular complexity index is 773. The Labute approximate surface area is 161 Å². The van der Waals surface area contributed by atoms with E-state index in [9.17, 15) is 4.79 Å². The van der Waals surface area contributed by atoms with Crippen molar-refractivity contribution in [3.8, 4) is 5.88 Å². The van der Waals surface area contributed by atoms with Gasteiger partial charge in [0.15, 0.2) is 11.3 Å². The molecule has 1 saturated heterocycles. The fraction of sp³-hybridized carbons (Fsp3) is 0.522. The first-order valence-corrected chi connectivity index (χ1v) is 10.2. The topological polar surface area (TPSA) is 51.3 Å². The summed E-state index contributed by atoms with van der Waals surface area (Å²) in [5.41, 5.74) is 4.43. The molecule has 1 fully saturated rings. The van der Waals surface area contributed by atoms with Crippen molar-refractivity contribution in [1.82, 2.24) is 4.98 Å². The summed E-state index contributed by atoms with van der Waals surface area (Å²) in [5, 5.41) is 0. The third-order valence-corrected chi connectivity index (χ3v) is 5.28. The zero-order chi connectivity index (χ0) is 19.1. The maximum absolute atomic E-state index is 12.3. The molecule has 1 unspecified atom stereocenters. The molecule has 1 aliphatic rings. The van der Waals surface area contributed by atoms with E-state index in [4.69, 9.17) is 9.47 Å². The third-order valence-electron chi connectivity index (χ3n) is 5.28. The Morgan fingerprint density at radius 1 is 1.11 bits per heavy atom. The van der Waals surface area contributed by atoms with Gasteiger partial charge in [0.05, 0.1) is 6.10 Å². The number of H-pyrrole nitrogens is 1. The van der Waals surface area contributed by atoms with Gasteiger partial charge in [-0.05, 0) is 56.6 Å². The summed E-state index contributed by atoms with van der Waals surface area (Å²) in [4.78, 5) is 15.6. The summed E-state index contributed by atoms with van der Waals surface area (Å²) in [7, 11) is 0. The van der Waals surface area contributed by atoms with Gasteiger partial charge in [0.1, 0.15) is 6.61 Å². The predicted molar refractivity (Wildman–Crippen MR) is 109 cm³/mol. The minimum Gasteiger partial charge on any atom is -0.476 e. The quantitative estimate of drug-likeness (QED) is 0.752. The zero-order valence-corrected chi connectivity index (χ0v) is 16.6. The molecule has 4 heteroatoms. The molecular formula is C23H31NO3. The summed E-state index contributed by atoms with van der Waals surface area (Å²) in [6.45, 7) is 5.38. The minimum atomic E-state index is 0.0293.